The first-order valence-corrected chi connectivity index (χ1v) is 6.03. The normalized spacial score (nSPS) is 10.9. The van der Waals surface area contributed by atoms with Crippen LogP contribution >= 0.6 is 27.5 Å². The molecular weight excluding hydrogens is 304 g/mol. The van der Waals surface area contributed by atoms with Gasteiger partial charge in [0.15, 0.2) is 5.65 Å². The highest BCUT2D eigenvalue weighted by molar-refractivity contribution is 9.10. The molecule has 0 amide bonds. The Morgan fingerprint density at radius 2 is 2.06 bits per heavy atom. The number of halogens is 2. The minimum atomic E-state index is 0.464. The van der Waals surface area contributed by atoms with Gasteiger partial charge >= 0.3 is 0 Å². The molecule has 0 atom stereocenters. The van der Waals surface area contributed by atoms with Crippen LogP contribution in [-0.2, 0) is 0 Å². The summed E-state index contributed by atoms with van der Waals surface area (Å²) in [6.07, 6.45) is 3.40. The molecule has 0 bridgehead atoms. The lowest BCUT2D eigenvalue weighted by Crippen LogP contribution is -1.82. The van der Waals surface area contributed by atoms with E-state index in [0.717, 1.165) is 27.0 Å². The molecule has 0 saturated heterocycles. The lowest BCUT2D eigenvalue weighted by atomic mass is 10.3. The maximum Gasteiger partial charge on any atom is 0.157 e. The highest BCUT2D eigenvalue weighted by Crippen LogP contribution is 2.21. The summed E-state index contributed by atoms with van der Waals surface area (Å²) >= 11 is 9.10. The minimum Gasteiger partial charge on any atom is -0.323 e. The molecule has 0 aliphatic carbocycles. The van der Waals surface area contributed by atoms with E-state index < -0.39 is 0 Å². The fourth-order valence-electron chi connectivity index (χ4n) is 1.52. The number of aromatic nitrogens is 4. The summed E-state index contributed by atoms with van der Waals surface area (Å²) in [4.78, 5) is 15.8. The monoisotopic (exact) mass is 308 g/mol. The van der Waals surface area contributed by atoms with Crippen molar-refractivity contribution in [3.63, 3.8) is 0 Å². The van der Waals surface area contributed by atoms with Crippen LogP contribution < -0.4 is 0 Å². The Morgan fingerprint density at radius 3 is 2.82 bits per heavy atom. The van der Waals surface area contributed by atoms with Crippen LogP contribution in [0.25, 0.3) is 22.6 Å². The van der Waals surface area contributed by atoms with Gasteiger partial charge in [0, 0.05) is 22.4 Å². The smallest absolute Gasteiger partial charge is 0.157 e. The predicted molar refractivity (Wildman–Crippen MR) is 69.8 cm³/mol. The third-order valence-electron chi connectivity index (χ3n) is 2.30. The number of fused-ring (bicyclic) bond motifs is 1. The molecular formula is C11H6BrClN4. The van der Waals surface area contributed by atoms with E-state index >= 15 is 0 Å². The Morgan fingerprint density at radius 1 is 1.18 bits per heavy atom. The number of H-pyrrole nitrogens is 1. The van der Waals surface area contributed by atoms with Gasteiger partial charge in [-0.05, 0) is 34.1 Å². The molecule has 1 N–H and O–H groups in total. The van der Waals surface area contributed by atoms with Crippen LogP contribution in [0.3, 0.4) is 0 Å². The summed E-state index contributed by atoms with van der Waals surface area (Å²) in [6.45, 7) is 0. The van der Waals surface area contributed by atoms with E-state index in [2.05, 4.69) is 35.9 Å². The van der Waals surface area contributed by atoms with Crippen LogP contribution in [-0.4, -0.2) is 19.9 Å². The molecule has 3 aromatic rings. The first kappa shape index (κ1) is 10.7. The van der Waals surface area contributed by atoms with E-state index in [1.54, 1.807) is 18.5 Å². The first-order chi connectivity index (χ1) is 8.22. The van der Waals surface area contributed by atoms with Gasteiger partial charge in [-0.1, -0.05) is 11.6 Å². The third kappa shape index (κ3) is 2.03. The van der Waals surface area contributed by atoms with Crippen LogP contribution in [0, 0.1) is 0 Å². The van der Waals surface area contributed by atoms with Crippen LogP contribution in [0.4, 0.5) is 0 Å². The fourth-order valence-corrected chi connectivity index (χ4v) is 1.95. The van der Waals surface area contributed by atoms with Crippen molar-refractivity contribution in [1.82, 2.24) is 19.9 Å². The number of hydrogen-bond acceptors (Lipinski definition) is 3. The molecule has 3 rings (SSSR count). The molecule has 0 fully saturated rings. The van der Waals surface area contributed by atoms with Crippen molar-refractivity contribution < 1.29 is 0 Å². The van der Waals surface area contributed by atoms with Crippen molar-refractivity contribution >= 4 is 38.7 Å². The molecule has 0 aromatic carbocycles. The molecule has 6 heteroatoms. The van der Waals surface area contributed by atoms with Gasteiger partial charge in [-0.15, -0.1) is 0 Å². The molecule has 3 aromatic heterocycles. The Labute approximate surface area is 110 Å². The highest BCUT2D eigenvalue weighted by atomic mass is 79.9. The zero-order valence-corrected chi connectivity index (χ0v) is 10.8. The standard InChI is InChI=1S/C11H6BrClN4/c12-7-3-8-11(15-5-7)17-10(16-8)6-1-2-9(13)14-4-6/h1-5H,(H,15,16,17). The number of rotatable bonds is 1. The number of hydrogen-bond donors (Lipinski definition) is 1. The maximum absolute atomic E-state index is 5.74. The number of nitrogens with zero attached hydrogens (tertiary/aromatic N) is 3. The van der Waals surface area contributed by atoms with Gasteiger partial charge in [0.2, 0.25) is 0 Å². The van der Waals surface area contributed by atoms with E-state index in [4.69, 9.17) is 11.6 Å². The maximum atomic E-state index is 5.74. The van der Waals surface area contributed by atoms with Crippen molar-refractivity contribution in [2.75, 3.05) is 0 Å². The summed E-state index contributed by atoms with van der Waals surface area (Å²) in [7, 11) is 0. The minimum absolute atomic E-state index is 0.464. The van der Waals surface area contributed by atoms with Gasteiger partial charge in [-0.3, -0.25) is 0 Å². The van der Waals surface area contributed by atoms with E-state index in [1.807, 2.05) is 12.1 Å². The number of imidazole rings is 1. The molecule has 84 valence electrons. The second-order valence-electron chi connectivity index (χ2n) is 3.48. The largest absolute Gasteiger partial charge is 0.323 e. The summed E-state index contributed by atoms with van der Waals surface area (Å²) < 4.78 is 0.900. The third-order valence-corrected chi connectivity index (χ3v) is 2.96. The molecule has 4 nitrogen and oxygen atoms in total. The number of aromatic amines is 1. The molecule has 0 radical (unpaired) electrons. The van der Waals surface area contributed by atoms with Crippen LogP contribution in [0.5, 0.6) is 0 Å². The van der Waals surface area contributed by atoms with Crippen molar-refractivity contribution in [3.05, 3.63) is 40.2 Å². The molecule has 17 heavy (non-hydrogen) atoms. The Kier molecular flexibility index (Phi) is 2.57. The summed E-state index contributed by atoms with van der Waals surface area (Å²) in [5.74, 6) is 0.731. The van der Waals surface area contributed by atoms with Crippen molar-refractivity contribution in [1.29, 1.82) is 0 Å². The lowest BCUT2D eigenvalue weighted by molar-refractivity contribution is 1.26. The van der Waals surface area contributed by atoms with E-state index in [1.165, 1.54) is 0 Å². The second kappa shape index (κ2) is 4.09. The number of nitrogens with one attached hydrogen (secondary N) is 1. The van der Waals surface area contributed by atoms with Gasteiger partial charge in [-0.25, -0.2) is 15.0 Å². The van der Waals surface area contributed by atoms with Crippen molar-refractivity contribution in [3.8, 4) is 11.4 Å². The van der Waals surface area contributed by atoms with Crippen LogP contribution in [0.1, 0.15) is 0 Å². The van der Waals surface area contributed by atoms with E-state index in [0.29, 0.717) is 5.15 Å². The summed E-state index contributed by atoms with van der Waals surface area (Å²) in [6, 6.07) is 5.50. The van der Waals surface area contributed by atoms with Gasteiger partial charge in [0.05, 0.1) is 0 Å². The molecule has 3 heterocycles. The van der Waals surface area contributed by atoms with Gasteiger partial charge in [-0.2, -0.15) is 0 Å². The van der Waals surface area contributed by atoms with E-state index in [9.17, 15) is 0 Å². The highest BCUT2D eigenvalue weighted by Gasteiger charge is 2.06. The first-order valence-electron chi connectivity index (χ1n) is 4.85. The molecule has 0 unspecified atom stereocenters. The average molecular weight is 310 g/mol. The molecule has 0 saturated carbocycles. The van der Waals surface area contributed by atoms with Crippen molar-refractivity contribution in [2.24, 2.45) is 0 Å². The Balaban J connectivity index is 2.14. The molecule has 0 aliphatic heterocycles. The number of pyridine rings is 2. The van der Waals surface area contributed by atoms with Gasteiger partial charge in [0.25, 0.3) is 0 Å². The summed E-state index contributed by atoms with van der Waals surface area (Å²) in [5.41, 5.74) is 2.44. The Bertz CT molecular complexity index is 678. The quantitative estimate of drug-likeness (QED) is 0.701. The van der Waals surface area contributed by atoms with Gasteiger partial charge < -0.3 is 4.98 Å². The molecule has 0 spiro atoms. The zero-order valence-electron chi connectivity index (χ0n) is 8.48. The van der Waals surface area contributed by atoms with Crippen LogP contribution in [0.15, 0.2) is 35.1 Å². The SMILES string of the molecule is Clc1ccc(-c2nc3cc(Br)cnc3[nH]2)cn1. The zero-order chi connectivity index (χ0) is 11.8. The predicted octanol–water partition coefficient (Wildman–Crippen LogP) is 3.44. The second-order valence-corrected chi connectivity index (χ2v) is 4.78. The summed E-state index contributed by atoms with van der Waals surface area (Å²) in [5, 5.41) is 0.464. The van der Waals surface area contributed by atoms with Crippen LogP contribution in [0.2, 0.25) is 5.15 Å². The Hall–Kier alpha value is -1.46. The van der Waals surface area contributed by atoms with Gasteiger partial charge in [0.1, 0.15) is 16.5 Å². The fraction of sp³-hybridized carbons (Fsp3) is 0. The molecule has 0 aliphatic rings. The van der Waals surface area contributed by atoms with E-state index in [-0.39, 0.29) is 0 Å². The lowest BCUT2D eigenvalue weighted by Gasteiger charge is -1.94. The topological polar surface area (TPSA) is 54.5 Å². The van der Waals surface area contributed by atoms with Crippen molar-refractivity contribution in [2.45, 2.75) is 0 Å². The average Bonchev–Trinajstić information content (AvgIpc) is 2.72.